The molecule has 0 rings (SSSR count). The second-order valence-electron chi connectivity index (χ2n) is 5.95. The van der Waals surface area contributed by atoms with Crippen LogP contribution in [0.15, 0.2) is 0 Å². The van der Waals surface area contributed by atoms with Crippen LogP contribution in [0.2, 0.25) is 0 Å². The molecule has 0 aliphatic heterocycles. The summed E-state index contributed by atoms with van der Waals surface area (Å²) >= 11 is 0. The Balaban J connectivity index is 6.21. The van der Waals surface area contributed by atoms with E-state index in [0.29, 0.717) is 6.21 Å². The van der Waals surface area contributed by atoms with E-state index in [1.54, 1.807) is 0 Å². The average Bonchev–Trinajstić information content (AvgIpc) is 2.09. The average molecular weight is 296 g/mol. The second kappa shape index (κ2) is 4.75. The molecule has 6 nitrogen and oxygen atoms in total. The van der Waals surface area contributed by atoms with Crippen molar-refractivity contribution in [3.63, 3.8) is 0 Å². The fourth-order valence-corrected chi connectivity index (χ4v) is 5.97. The van der Waals surface area contributed by atoms with E-state index in [1.165, 1.54) is 41.5 Å². The van der Waals surface area contributed by atoms with Gasteiger partial charge in [0.25, 0.3) is 10.8 Å². The molecule has 0 saturated heterocycles. The summed E-state index contributed by atoms with van der Waals surface area (Å²) in [7, 11) is -8.08. The third-order valence-electron chi connectivity index (χ3n) is 2.51. The highest BCUT2D eigenvalue weighted by Gasteiger charge is 2.51. The molecule has 0 aliphatic rings. The fourth-order valence-electron chi connectivity index (χ4n) is 1.08. The molecule has 0 N–H and O–H groups in total. The van der Waals surface area contributed by atoms with Crippen LogP contribution in [-0.4, -0.2) is 41.9 Å². The Kier molecular flexibility index (Phi) is 4.56. The standard InChI is InChI=1S/C10H20N2O4S2/c1-9(2,3)17(13,14)8(7-12-11)18(15,16)10(4,5)6/h7-8H,1-6H3. The van der Waals surface area contributed by atoms with Gasteiger partial charge in [0.05, 0.1) is 9.49 Å². The lowest BCUT2D eigenvalue weighted by Crippen LogP contribution is -2.48. The highest BCUT2D eigenvalue weighted by Crippen LogP contribution is 2.29. The van der Waals surface area contributed by atoms with Gasteiger partial charge >= 0.3 is 0 Å². The molecule has 0 fully saturated rings. The monoisotopic (exact) mass is 296 g/mol. The van der Waals surface area contributed by atoms with Crippen molar-refractivity contribution in [2.45, 2.75) is 55.6 Å². The molecule has 0 spiro atoms. The van der Waals surface area contributed by atoms with Gasteiger partial charge in [-0.15, -0.1) is 0 Å². The first kappa shape index (κ1) is 17.3. The third kappa shape index (κ3) is 2.99. The Morgan fingerprint density at radius 1 is 0.889 bits per heavy atom. The maximum Gasteiger partial charge on any atom is 0.290 e. The van der Waals surface area contributed by atoms with E-state index in [-0.39, 0.29) is 0 Å². The molecule has 0 unspecified atom stereocenters. The Hall–Kier alpha value is -0.720. The van der Waals surface area contributed by atoms with E-state index in [9.17, 15) is 16.8 Å². The minimum Gasteiger partial charge on any atom is -0.362 e. The largest absolute Gasteiger partial charge is 0.362 e. The van der Waals surface area contributed by atoms with Crippen molar-refractivity contribution < 1.29 is 21.6 Å². The van der Waals surface area contributed by atoms with Crippen LogP contribution in [0, 0.1) is 0 Å². The van der Waals surface area contributed by atoms with Crippen molar-refractivity contribution in [3.05, 3.63) is 5.53 Å². The molecule has 0 aliphatic carbocycles. The minimum atomic E-state index is -4.04. The summed E-state index contributed by atoms with van der Waals surface area (Å²) in [5, 5.41) is 0. The first-order valence-electron chi connectivity index (χ1n) is 5.34. The molecule has 0 saturated carbocycles. The van der Waals surface area contributed by atoms with E-state index >= 15 is 0 Å². The van der Waals surface area contributed by atoms with Gasteiger partial charge in [0.15, 0.2) is 19.7 Å². The number of nitrogens with zero attached hydrogens (tertiary/aromatic N) is 2. The van der Waals surface area contributed by atoms with Crippen LogP contribution in [-0.2, 0) is 19.7 Å². The van der Waals surface area contributed by atoms with Crippen LogP contribution in [0.1, 0.15) is 41.5 Å². The van der Waals surface area contributed by atoms with Crippen LogP contribution in [0.5, 0.6) is 0 Å². The summed E-state index contributed by atoms with van der Waals surface area (Å²) in [5.41, 5.74) is 8.54. The Bertz CT molecular complexity index is 512. The van der Waals surface area contributed by atoms with Crippen molar-refractivity contribution in [3.8, 4) is 0 Å². The van der Waals surface area contributed by atoms with Gasteiger partial charge in [0, 0.05) is 0 Å². The zero-order valence-corrected chi connectivity index (χ0v) is 13.1. The van der Waals surface area contributed by atoms with Gasteiger partial charge in [0.1, 0.15) is 0 Å². The maximum atomic E-state index is 12.3. The Morgan fingerprint density at radius 2 is 1.17 bits per heavy atom. The normalized spacial score (nSPS) is 14.4. The zero-order chi connectivity index (χ0) is 15.0. The van der Waals surface area contributed by atoms with Gasteiger partial charge < -0.3 is 5.53 Å². The summed E-state index contributed by atoms with van der Waals surface area (Å²) in [6, 6.07) is 0. The van der Waals surface area contributed by atoms with E-state index in [2.05, 4.69) is 4.79 Å². The lowest BCUT2D eigenvalue weighted by Gasteiger charge is -2.27. The molecule has 0 atom stereocenters. The quantitative estimate of drug-likeness (QED) is 0.440. The molecule has 0 heterocycles. The van der Waals surface area contributed by atoms with E-state index in [1.807, 2.05) is 0 Å². The Labute approximate surface area is 109 Å². The number of hydrogen-bond acceptors (Lipinski definition) is 4. The maximum absolute atomic E-state index is 12.3. The van der Waals surface area contributed by atoms with Crippen molar-refractivity contribution >= 4 is 25.9 Å². The highest BCUT2D eigenvalue weighted by atomic mass is 32.3. The van der Waals surface area contributed by atoms with Crippen LogP contribution >= 0.6 is 0 Å². The van der Waals surface area contributed by atoms with Gasteiger partial charge in [-0.2, -0.15) is 4.79 Å². The van der Waals surface area contributed by atoms with Gasteiger partial charge in [-0.05, 0) is 41.5 Å². The molecule has 18 heavy (non-hydrogen) atoms. The van der Waals surface area contributed by atoms with Gasteiger partial charge in [-0.25, -0.2) is 16.8 Å². The highest BCUT2D eigenvalue weighted by molar-refractivity contribution is 8.11. The smallest absolute Gasteiger partial charge is 0.290 e. The van der Waals surface area contributed by atoms with Gasteiger partial charge in [0.2, 0.25) is 0 Å². The third-order valence-corrected chi connectivity index (χ3v) is 8.91. The molecule has 0 bridgehead atoms. The molecule has 0 radical (unpaired) electrons. The summed E-state index contributed by atoms with van der Waals surface area (Å²) < 4.78 is 44.6. The van der Waals surface area contributed by atoms with Crippen LogP contribution < -0.4 is 0 Å². The van der Waals surface area contributed by atoms with Crippen molar-refractivity contribution in [2.75, 3.05) is 0 Å². The number of hydrogen-bond donors (Lipinski definition) is 0. The van der Waals surface area contributed by atoms with Crippen LogP contribution in [0.25, 0.3) is 5.53 Å². The lowest BCUT2D eigenvalue weighted by atomic mass is 10.3. The Morgan fingerprint density at radius 3 is 1.33 bits per heavy atom. The molecule has 0 aromatic rings. The minimum absolute atomic E-state index is 0.557. The fraction of sp³-hybridized carbons (Fsp3) is 0.900. The molecule has 0 aromatic heterocycles. The molecule has 0 amide bonds. The SMILES string of the molecule is CC(C)(C)S(=O)(=O)C(C=[N+]=[N-])S(=O)(=O)C(C)(C)C. The predicted molar refractivity (Wildman–Crippen MR) is 70.8 cm³/mol. The first-order chi connectivity index (χ1) is 7.69. The predicted octanol–water partition coefficient (Wildman–Crippen LogP) is 1.04. The van der Waals surface area contributed by atoms with E-state index in [4.69, 9.17) is 5.53 Å². The van der Waals surface area contributed by atoms with Crippen LogP contribution in [0.3, 0.4) is 0 Å². The van der Waals surface area contributed by atoms with E-state index in [0.717, 1.165) is 0 Å². The summed E-state index contributed by atoms with van der Waals surface area (Å²) in [4.78, 5) is 2.61. The molecule has 0 aromatic carbocycles. The summed E-state index contributed by atoms with van der Waals surface area (Å²) in [6.45, 7) is 8.41. The van der Waals surface area contributed by atoms with Gasteiger partial charge in [-0.3, -0.25) is 0 Å². The van der Waals surface area contributed by atoms with Gasteiger partial charge in [-0.1, -0.05) is 0 Å². The molecular weight excluding hydrogens is 276 g/mol. The zero-order valence-electron chi connectivity index (χ0n) is 11.5. The molecule has 106 valence electrons. The number of sulfone groups is 2. The van der Waals surface area contributed by atoms with Crippen molar-refractivity contribution in [2.24, 2.45) is 0 Å². The van der Waals surface area contributed by atoms with Crippen molar-refractivity contribution in [1.29, 1.82) is 0 Å². The second-order valence-corrected chi connectivity index (χ2v) is 11.9. The summed E-state index contributed by atoms with van der Waals surface area (Å²) in [5.74, 6) is 0. The summed E-state index contributed by atoms with van der Waals surface area (Å²) in [6.07, 6.45) is 0.557. The topological polar surface area (TPSA) is 105 Å². The molecular formula is C10H20N2O4S2. The number of rotatable bonds is 3. The lowest BCUT2D eigenvalue weighted by molar-refractivity contribution is 0.00247. The van der Waals surface area contributed by atoms with Crippen LogP contribution in [0.4, 0.5) is 0 Å². The van der Waals surface area contributed by atoms with Crippen molar-refractivity contribution in [1.82, 2.24) is 0 Å². The molecule has 8 heteroatoms. The first-order valence-corrected chi connectivity index (χ1v) is 8.43. The van der Waals surface area contributed by atoms with E-state index < -0.39 is 33.8 Å².